The Morgan fingerprint density at radius 2 is 1.56 bits per heavy atom. The van der Waals surface area contributed by atoms with E-state index in [0.717, 1.165) is 35.4 Å². The third kappa shape index (κ3) is 4.61. The first-order chi connectivity index (χ1) is 17.0. The SMILES string of the molecule is CC(C)(C)OC(=O)N1CCC(CN2Cc3cc4c(cc3C2)C(=O)N(C2CCC(=O)NC2=O)C4=O)CC1. The number of hydrogen-bond acceptors (Lipinski definition) is 7. The van der Waals surface area contributed by atoms with Crippen LogP contribution in [0.3, 0.4) is 0 Å². The third-order valence-electron chi connectivity index (χ3n) is 7.33. The molecule has 2 saturated heterocycles. The quantitative estimate of drug-likeness (QED) is 0.637. The van der Waals surface area contributed by atoms with Gasteiger partial charge in [0.1, 0.15) is 11.6 Å². The van der Waals surface area contributed by atoms with E-state index in [1.165, 1.54) is 0 Å². The van der Waals surface area contributed by atoms with Gasteiger partial charge in [0.05, 0.1) is 11.1 Å². The standard InChI is InChI=1S/C26H32N4O6/c1-26(2,3)36-25(35)29-8-6-15(7-9-29)12-28-13-16-10-18-19(11-17(16)14-28)24(34)30(23(18)33)20-4-5-21(31)27-22(20)32/h10-11,15,20H,4-9,12-14H2,1-3H3,(H,27,31,32). The highest BCUT2D eigenvalue weighted by Crippen LogP contribution is 2.34. The second-order valence-corrected chi connectivity index (χ2v) is 11.2. The van der Waals surface area contributed by atoms with E-state index in [1.54, 1.807) is 17.0 Å². The van der Waals surface area contributed by atoms with Crippen molar-refractivity contribution in [3.8, 4) is 0 Å². The van der Waals surface area contributed by atoms with Crippen molar-refractivity contribution in [3.63, 3.8) is 0 Å². The Kier molecular flexibility index (Phi) is 6.10. The molecule has 4 aliphatic heterocycles. The maximum Gasteiger partial charge on any atom is 0.410 e. The zero-order valence-electron chi connectivity index (χ0n) is 21.0. The third-order valence-corrected chi connectivity index (χ3v) is 7.33. The second-order valence-electron chi connectivity index (χ2n) is 11.2. The summed E-state index contributed by atoms with van der Waals surface area (Å²) in [6.07, 6.45) is 1.80. The fourth-order valence-electron chi connectivity index (χ4n) is 5.56. The molecule has 0 spiro atoms. The van der Waals surface area contributed by atoms with E-state index in [4.69, 9.17) is 4.74 Å². The monoisotopic (exact) mass is 496 g/mol. The van der Waals surface area contributed by atoms with Crippen molar-refractivity contribution >= 4 is 29.7 Å². The lowest BCUT2D eigenvalue weighted by Gasteiger charge is -2.34. The average Bonchev–Trinajstić information content (AvgIpc) is 3.29. The van der Waals surface area contributed by atoms with E-state index in [9.17, 15) is 24.0 Å². The Labute approximate surface area is 209 Å². The smallest absolute Gasteiger partial charge is 0.410 e. The lowest BCUT2D eigenvalue weighted by molar-refractivity contribution is -0.136. The molecule has 0 aliphatic carbocycles. The average molecular weight is 497 g/mol. The van der Waals surface area contributed by atoms with E-state index in [-0.39, 0.29) is 24.8 Å². The first-order valence-electron chi connectivity index (χ1n) is 12.6. The van der Waals surface area contributed by atoms with Gasteiger partial charge < -0.3 is 9.64 Å². The van der Waals surface area contributed by atoms with E-state index in [2.05, 4.69) is 10.2 Å². The number of fused-ring (bicyclic) bond motifs is 2. The van der Waals surface area contributed by atoms with E-state index < -0.39 is 29.4 Å². The van der Waals surface area contributed by atoms with Gasteiger partial charge in [0.15, 0.2) is 0 Å². The molecule has 0 saturated carbocycles. The van der Waals surface area contributed by atoms with Crippen LogP contribution in [0.1, 0.15) is 78.3 Å². The number of hydrogen-bond donors (Lipinski definition) is 1. The Hall–Kier alpha value is -3.27. The first-order valence-corrected chi connectivity index (χ1v) is 12.6. The number of imide groups is 2. The Morgan fingerprint density at radius 1 is 0.972 bits per heavy atom. The zero-order valence-corrected chi connectivity index (χ0v) is 21.0. The van der Waals surface area contributed by atoms with Gasteiger partial charge >= 0.3 is 6.09 Å². The van der Waals surface area contributed by atoms with Crippen molar-refractivity contribution in [1.82, 2.24) is 20.0 Å². The van der Waals surface area contributed by atoms with Gasteiger partial charge in [0.2, 0.25) is 11.8 Å². The lowest BCUT2D eigenvalue weighted by atomic mass is 9.96. The van der Waals surface area contributed by atoms with E-state index in [1.807, 2.05) is 20.8 Å². The molecule has 2 fully saturated rings. The summed E-state index contributed by atoms with van der Waals surface area (Å²) in [5.74, 6) is -1.48. The number of ether oxygens (including phenoxy) is 1. The summed E-state index contributed by atoms with van der Waals surface area (Å²) in [6, 6.07) is 2.64. The summed E-state index contributed by atoms with van der Waals surface area (Å²) in [7, 11) is 0. The number of benzene rings is 1. The van der Waals surface area contributed by atoms with Crippen LogP contribution in [-0.2, 0) is 27.4 Å². The number of likely N-dealkylation sites (tertiary alicyclic amines) is 1. The fraction of sp³-hybridized carbons (Fsp3) is 0.577. The van der Waals surface area contributed by atoms with Gasteiger partial charge in [-0.25, -0.2) is 4.79 Å². The van der Waals surface area contributed by atoms with Crippen molar-refractivity contribution < 1.29 is 28.7 Å². The molecule has 1 aromatic carbocycles. The van der Waals surface area contributed by atoms with Crippen LogP contribution in [0.25, 0.3) is 0 Å². The highest BCUT2D eigenvalue weighted by atomic mass is 16.6. The van der Waals surface area contributed by atoms with Crippen LogP contribution in [0.2, 0.25) is 0 Å². The topological polar surface area (TPSA) is 116 Å². The Bertz CT molecular complexity index is 1100. The summed E-state index contributed by atoms with van der Waals surface area (Å²) in [5.41, 5.74) is 2.20. The second kappa shape index (κ2) is 8.99. The number of nitrogens with one attached hydrogen (secondary N) is 1. The summed E-state index contributed by atoms with van der Waals surface area (Å²) in [4.78, 5) is 67.3. The van der Waals surface area contributed by atoms with Gasteiger partial charge in [-0.05, 0) is 69.2 Å². The molecule has 1 aromatic rings. The summed E-state index contributed by atoms with van der Waals surface area (Å²) in [5, 5.41) is 2.22. The van der Waals surface area contributed by atoms with Crippen molar-refractivity contribution in [3.05, 3.63) is 34.4 Å². The lowest BCUT2D eigenvalue weighted by Crippen LogP contribution is -2.54. The van der Waals surface area contributed by atoms with Crippen molar-refractivity contribution in [2.45, 2.75) is 71.2 Å². The molecule has 192 valence electrons. The summed E-state index contributed by atoms with van der Waals surface area (Å²) >= 11 is 0. The van der Waals surface area contributed by atoms with Gasteiger partial charge in [-0.2, -0.15) is 0 Å². The van der Waals surface area contributed by atoms with Crippen LogP contribution in [0.15, 0.2) is 12.1 Å². The highest BCUT2D eigenvalue weighted by Gasteiger charge is 2.45. The molecule has 0 bridgehead atoms. The summed E-state index contributed by atoms with van der Waals surface area (Å²) < 4.78 is 5.48. The highest BCUT2D eigenvalue weighted by molar-refractivity contribution is 6.23. The number of amides is 5. The Balaban J connectivity index is 1.20. The predicted molar refractivity (Wildman–Crippen MR) is 128 cm³/mol. The predicted octanol–water partition coefficient (Wildman–Crippen LogP) is 2.05. The molecule has 36 heavy (non-hydrogen) atoms. The largest absolute Gasteiger partial charge is 0.444 e. The Morgan fingerprint density at radius 3 is 2.08 bits per heavy atom. The van der Waals surface area contributed by atoms with Gasteiger partial charge in [0.25, 0.3) is 11.8 Å². The van der Waals surface area contributed by atoms with E-state index >= 15 is 0 Å². The number of carbonyl (C=O) groups excluding carboxylic acids is 5. The van der Waals surface area contributed by atoms with E-state index in [0.29, 0.717) is 43.2 Å². The minimum Gasteiger partial charge on any atom is -0.444 e. The van der Waals surface area contributed by atoms with Crippen LogP contribution in [0, 0.1) is 5.92 Å². The van der Waals surface area contributed by atoms with Gasteiger partial charge in [-0.15, -0.1) is 0 Å². The van der Waals surface area contributed by atoms with Crippen molar-refractivity contribution in [2.24, 2.45) is 5.92 Å². The molecule has 1 N–H and O–H groups in total. The number of carbonyl (C=O) groups is 5. The number of piperidine rings is 2. The summed E-state index contributed by atoms with van der Waals surface area (Å²) in [6.45, 7) is 9.21. The van der Waals surface area contributed by atoms with Gasteiger partial charge in [0, 0.05) is 39.1 Å². The normalized spacial score (nSPS) is 23.1. The van der Waals surface area contributed by atoms with Crippen LogP contribution in [0.5, 0.6) is 0 Å². The van der Waals surface area contributed by atoms with Crippen LogP contribution >= 0.6 is 0 Å². The number of rotatable bonds is 3. The molecular formula is C26H32N4O6. The molecule has 0 aromatic heterocycles. The van der Waals surface area contributed by atoms with Crippen LogP contribution in [0.4, 0.5) is 4.79 Å². The number of nitrogens with zero attached hydrogens (tertiary/aromatic N) is 3. The maximum absolute atomic E-state index is 13.1. The van der Waals surface area contributed by atoms with Crippen LogP contribution in [-0.4, -0.2) is 75.7 Å². The molecule has 5 rings (SSSR count). The molecule has 1 unspecified atom stereocenters. The zero-order chi connectivity index (χ0) is 25.8. The minimum absolute atomic E-state index is 0.103. The van der Waals surface area contributed by atoms with Crippen LogP contribution < -0.4 is 5.32 Å². The molecule has 0 radical (unpaired) electrons. The minimum atomic E-state index is -0.951. The first kappa shape index (κ1) is 24.4. The molecule has 1 atom stereocenters. The van der Waals surface area contributed by atoms with Gasteiger partial charge in [-0.1, -0.05) is 0 Å². The molecule has 5 amide bonds. The molecule has 4 heterocycles. The molecule has 10 heteroatoms. The molecule has 10 nitrogen and oxygen atoms in total. The fourth-order valence-corrected chi connectivity index (χ4v) is 5.56. The maximum atomic E-state index is 13.1. The van der Waals surface area contributed by atoms with Crippen molar-refractivity contribution in [1.29, 1.82) is 0 Å². The molecule has 4 aliphatic rings. The van der Waals surface area contributed by atoms with Crippen molar-refractivity contribution in [2.75, 3.05) is 19.6 Å². The van der Waals surface area contributed by atoms with Gasteiger partial charge in [-0.3, -0.25) is 34.3 Å². The molecular weight excluding hydrogens is 464 g/mol.